The van der Waals surface area contributed by atoms with Gasteiger partial charge in [0.15, 0.2) is 0 Å². The highest BCUT2D eigenvalue weighted by molar-refractivity contribution is 14.1. The predicted octanol–water partition coefficient (Wildman–Crippen LogP) is 5.92. The number of alkyl halides is 1. The van der Waals surface area contributed by atoms with Crippen molar-refractivity contribution in [3.63, 3.8) is 0 Å². The zero-order valence-corrected chi connectivity index (χ0v) is 16.2. The van der Waals surface area contributed by atoms with Gasteiger partial charge in [-0.2, -0.15) is 0 Å². The molecule has 0 aliphatic heterocycles. The SMILES string of the molecule is CC(C)[Si](O[C@@H]1CCCC[C@H]1I)(C(C)C)C(C)C. The summed E-state index contributed by atoms with van der Waals surface area (Å²) in [6.45, 7) is 14.3. The Kier molecular flexibility index (Phi) is 6.66. The van der Waals surface area contributed by atoms with E-state index in [0.29, 0.717) is 22.7 Å². The lowest BCUT2D eigenvalue weighted by atomic mass is 9.98. The first-order chi connectivity index (χ1) is 8.32. The Balaban J connectivity index is 2.89. The fourth-order valence-electron chi connectivity index (χ4n) is 3.85. The molecule has 1 aliphatic carbocycles. The maximum absolute atomic E-state index is 6.91. The fraction of sp³-hybridized carbons (Fsp3) is 1.00. The van der Waals surface area contributed by atoms with Gasteiger partial charge in [-0.25, -0.2) is 0 Å². The normalized spacial score (nSPS) is 26.3. The van der Waals surface area contributed by atoms with Crippen molar-refractivity contribution < 1.29 is 4.43 Å². The van der Waals surface area contributed by atoms with Crippen molar-refractivity contribution in [2.45, 2.75) is 93.9 Å². The van der Waals surface area contributed by atoms with Gasteiger partial charge in [-0.15, -0.1) is 0 Å². The maximum atomic E-state index is 6.91. The highest BCUT2D eigenvalue weighted by Crippen LogP contribution is 2.45. The van der Waals surface area contributed by atoms with Crippen LogP contribution in [-0.4, -0.2) is 18.3 Å². The van der Waals surface area contributed by atoms with E-state index in [1.165, 1.54) is 25.7 Å². The first-order valence-electron chi connectivity index (χ1n) is 7.64. The monoisotopic (exact) mass is 382 g/mol. The van der Waals surface area contributed by atoms with Gasteiger partial charge in [0.05, 0.1) is 6.10 Å². The average Bonchev–Trinajstić information content (AvgIpc) is 2.26. The van der Waals surface area contributed by atoms with Crippen LogP contribution in [0, 0.1) is 0 Å². The zero-order valence-electron chi connectivity index (χ0n) is 13.0. The van der Waals surface area contributed by atoms with Crippen LogP contribution in [-0.2, 0) is 4.43 Å². The molecule has 0 aromatic rings. The fourth-order valence-corrected chi connectivity index (χ4v) is 10.7. The number of hydrogen-bond donors (Lipinski definition) is 0. The first-order valence-corrected chi connectivity index (χ1v) is 11.0. The molecule has 1 saturated carbocycles. The smallest absolute Gasteiger partial charge is 0.200 e. The van der Waals surface area contributed by atoms with Gasteiger partial charge in [-0.05, 0) is 29.5 Å². The van der Waals surface area contributed by atoms with Gasteiger partial charge in [0.2, 0.25) is 8.32 Å². The molecule has 0 aromatic carbocycles. The molecule has 0 unspecified atom stereocenters. The lowest BCUT2D eigenvalue weighted by molar-refractivity contribution is 0.143. The summed E-state index contributed by atoms with van der Waals surface area (Å²) in [6, 6.07) is 0. The van der Waals surface area contributed by atoms with Crippen molar-refractivity contribution in [2.24, 2.45) is 0 Å². The predicted molar refractivity (Wildman–Crippen MR) is 92.2 cm³/mol. The van der Waals surface area contributed by atoms with Crippen LogP contribution >= 0.6 is 22.6 Å². The maximum Gasteiger partial charge on any atom is 0.200 e. The van der Waals surface area contributed by atoms with E-state index >= 15 is 0 Å². The van der Waals surface area contributed by atoms with Crippen LogP contribution < -0.4 is 0 Å². The number of rotatable bonds is 5. The van der Waals surface area contributed by atoms with E-state index in [1.807, 2.05) is 0 Å². The molecule has 1 aliphatic rings. The topological polar surface area (TPSA) is 9.23 Å². The van der Waals surface area contributed by atoms with E-state index < -0.39 is 8.32 Å². The van der Waals surface area contributed by atoms with Crippen LogP contribution in [0.2, 0.25) is 16.6 Å². The standard InChI is InChI=1S/C15H31IOSi/c1-11(2)18(12(3)4,13(5)6)17-15-10-8-7-9-14(15)16/h11-15H,7-10H2,1-6H3/t14-,15-/m1/s1. The van der Waals surface area contributed by atoms with Crippen LogP contribution in [0.25, 0.3) is 0 Å². The summed E-state index contributed by atoms with van der Waals surface area (Å²) in [5.74, 6) is 0. The average molecular weight is 382 g/mol. The summed E-state index contributed by atoms with van der Waals surface area (Å²) in [5.41, 5.74) is 2.13. The van der Waals surface area contributed by atoms with Crippen LogP contribution in [0.1, 0.15) is 67.2 Å². The molecule has 0 heterocycles. The second kappa shape index (κ2) is 7.07. The van der Waals surface area contributed by atoms with Crippen molar-refractivity contribution >= 4 is 30.9 Å². The van der Waals surface area contributed by atoms with Crippen LogP contribution in [0.15, 0.2) is 0 Å². The van der Waals surface area contributed by atoms with Gasteiger partial charge in [0.1, 0.15) is 0 Å². The largest absolute Gasteiger partial charge is 0.412 e. The molecule has 0 radical (unpaired) electrons. The van der Waals surface area contributed by atoms with Crippen LogP contribution in [0.3, 0.4) is 0 Å². The molecule has 108 valence electrons. The minimum absolute atomic E-state index is 0.526. The molecule has 0 amide bonds. The molecule has 0 N–H and O–H groups in total. The van der Waals surface area contributed by atoms with Gasteiger partial charge in [0.25, 0.3) is 0 Å². The second-order valence-corrected chi connectivity index (χ2v) is 13.8. The van der Waals surface area contributed by atoms with Gasteiger partial charge in [0, 0.05) is 3.92 Å². The van der Waals surface area contributed by atoms with Crippen molar-refractivity contribution in [1.29, 1.82) is 0 Å². The molecule has 0 spiro atoms. The molecule has 1 fully saturated rings. The third kappa shape index (κ3) is 3.51. The molecular formula is C15H31IOSi. The second-order valence-electron chi connectivity index (χ2n) is 6.77. The highest BCUT2D eigenvalue weighted by atomic mass is 127. The Bertz CT molecular complexity index is 231. The van der Waals surface area contributed by atoms with Crippen molar-refractivity contribution in [3.05, 3.63) is 0 Å². The van der Waals surface area contributed by atoms with Crippen molar-refractivity contribution in [3.8, 4) is 0 Å². The van der Waals surface area contributed by atoms with E-state index in [4.69, 9.17) is 4.43 Å². The van der Waals surface area contributed by atoms with Gasteiger partial charge in [-0.3, -0.25) is 0 Å². The molecule has 0 aromatic heterocycles. The minimum atomic E-state index is -1.66. The number of halogens is 1. The Morgan fingerprint density at radius 1 is 0.889 bits per heavy atom. The Labute approximate surface area is 129 Å². The van der Waals surface area contributed by atoms with Gasteiger partial charge in [-0.1, -0.05) is 77.0 Å². The van der Waals surface area contributed by atoms with E-state index in [0.717, 1.165) is 3.92 Å². The lowest BCUT2D eigenvalue weighted by Gasteiger charge is -2.46. The molecule has 1 rings (SSSR count). The summed E-state index contributed by atoms with van der Waals surface area (Å²) in [4.78, 5) is 0. The molecule has 0 bridgehead atoms. The zero-order chi connectivity index (χ0) is 13.9. The first kappa shape index (κ1) is 17.0. The molecule has 0 saturated heterocycles. The van der Waals surface area contributed by atoms with Crippen LogP contribution in [0.5, 0.6) is 0 Å². The van der Waals surface area contributed by atoms with Gasteiger partial charge < -0.3 is 4.43 Å². The summed E-state index contributed by atoms with van der Waals surface area (Å²) < 4.78 is 7.64. The Morgan fingerprint density at radius 2 is 1.33 bits per heavy atom. The molecule has 1 nitrogen and oxygen atoms in total. The summed E-state index contributed by atoms with van der Waals surface area (Å²) in [6.07, 6.45) is 5.92. The highest BCUT2D eigenvalue weighted by Gasteiger charge is 2.47. The summed E-state index contributed by atoms with van der Waals surface area (Å²) in [7, 11) is -1.66. The number of hydrogen-bond acceptors (Lipinski definition) is 1. The van der Waals surface area contributed by atoms with Crippen molar-refractivity contribution in [1.82, 2.24) is 0 Å². The van der Waals surface area contributed by atoms with E-state index in [9.17, 15) is 0 Å². The molecule has 2 atom stereocenters. The molecule has 18 heavy (non-hydrogen) atoms. The quantitative estimate of drug-likeness (QED) is 0.326. The Morgan fingerprint density at radius 3 is 1.72 bits per heavy atom. The summed E-state index contributed by atoms with van der Waals surface area (Å²) in [5, 5.41) is 0. The lowest BCUT2D eigenvalue weighted by Crippen LogP contribution is -2.52. The van der Waals surface area contributed by atoms with E-state index in [2.05, 4.69) is 64.1 Å². The van der Waals surface area contributed by atoms with Crippen LogP contribution in [0.4, 0.5) is 0 Å². The third-order valence-corrected chi connectivity index (χ3v) is 12.2. The van der Waals surface area contributed by atoms with E-state index in [-0.39, 0.29) is 0 Å². The summed E-state index contributed by atoms with van der Waals surface area (Å²) >= 11 is 2.63. The molecular weight excluding hydrogens is 351 g/mol. The minimum Gasteiger partial charge on any atom is -0.412 e. The Hall–Kier alpha value is 0.907. The van der Waals surface area contributed by atoms with Crippen molar-refractivity contribution in [2.75, 3.05) is 0 Å². The van der Waals surface area contributed by atoms with Gasteiger partial charge >= 0.3 is 0 Å². The molecule has 3 heteroatoms. The van der Waals surface area contributed by atoms with E-state index in [1.54, 1.807) is 0 Å². The third-order valence-electron chi connectivity index (χ3n) is 4.68.